The summed E-state index contributed by atoms with van der Waals surface area (Å²) < 4.78 is 48.4. The minimum Gasteiger partial charge on any atom is -0.466 e. The van der Waals surface area contributed by atoms with E-state index in [2.05, 4.69) is 57.4 Å². The predicted molar refractivity (Wildman–Crippen MR) is 268 cm³/mol. The van der Waals surface area contributed by atoms with Gasteiger partial charge in [-0.05, 0) is 63.0 Å². The van der Waals surface area contributed by atoms with Crippen molar-refractivity contribution in [3.8, 4) is 0 Å². The highest BCUT2D eigenvalue weighted by Gasteiger charge is 2.26. The van der Waals surface area contributed by atoms with Crippen LogP contribution < -0.4 is 10.6 Å². The Morgan fingerprint density at radius 1 is 0.657 bits per heavy atom. The van der Waals surface area contributed by atoms with E-state index in [1.165, 1.54) is 107 Å². The van der Waals surface area contributed by atoms with Gasteiger partial charge in [0, 0.05) is 32.0 Å². The van der Waals surface area contributed by atoms with Gasteiger partial charge in [-0.25, -0.2) is 9.36 Å². The first-order valence-corrected chi connectivity index (χ1v) is 26.9. The molecule has 0 saturated carbocycles. The van der Waals surface area contributed by atoms with Crippen molar-refractivity contribution in [1.82, 2.24) is 10.6 Å². The zero-order valence-electron chi connectivity index (χ0n) is 42.5. The molecule has 14 nitrogen and oxygen atoms in total. The first-order valence-electron chi connectivity index (χ1n) is 25.4. The lowest BCUT2D eigenvalue weighted by Crippen LogP contribution is -2.29. The normalized spacial score (nSPS) is 15.3. The zero-order valence-corrected chi connectivity index (χ0v) is 43.4. The molecule has 1 unspecified atom stereocenters. The number of allylic oxidation sites excluding steroid dienone is 9. The minimum absolute atomic E-state index is 0.00365. The molecule has 0 radical (unpaired) electrons. The second-order valence-electron chi connectivity index (χ2n) is 18.0. The number of phosphoric ester groups is 1. The van der Waals surface area contributed by atoms with E-state index in [1.807, 2.05) is 25.2 Å². The molecule has 3 N–H and O–H groups in total. The predicted octanol–water partition coefficient (Wildman–Crippen LogP) is 11.7. The SMILES string of the molecule is CCCCCCCCCCCCCCCCCC(=O)OCCCOP(=O)(O)OCCNC(=O)OCCOCCOCCOCCNC(=O)/C=C(C)/C=C/C=C(C)/C=C/C1=C(C)CCCC1(C)C. The van der Waals surface area contributed by atoms with E-state index in [0.29, 0.717) is 46.0 Å². The number of unbranched alkanes of at least 4 members (excludes halogenated alkanes) is 14. The average molecular weight is 967 g/mol. The molecule has 1 rings (SSSR count). The lowest BCUT2D eigenvalue weighted by atomic mass is 9.72. The molecule has 0 saturated heterocycles. The molecular weight excluding hydrogens is 876 g/mol. The Kier molecular flexibility index (Phi) is 37.7. The number of alkyl carbamates (subject to hydrolysis) is 1. The van der Waals surface area contributed by atoms with Crippen LogP contribution in [0.3, 0.4) is 0 Å². The second-order valence-corrected chi connectivity index (χ2v) is 19.5. The number of carbonyl (C=O) groups is 3. The van der Waals surface area contributed by atoms with Gasteiger partial charge in [-0.15, -0.1) is 0 Å². The van der Waals surface area contributed by atoms with Gasteiger partial charge in [0.25, 0.3) is 0 Å². The van der Waals surface area contributed by atoms with Gasteiger partial charge in [0.1, 0.15) is 6.61 Å². The number of amides is 2. The summed E-state index contributed by atoms with van der Waals surface area (Å²) in [6.45, 7) is 15.0. The lowest BCUT2D eigenvalue weighted by Gasteiger charge is -2.32. The molecule has 1 atom stereocenters. The van der Waals surface area contributed by atoms with Crippen LogP contribution in [0.25, 0.3) is 0 Å². The Morgan fingerprint density at radius 2 is 1.21 bits per heavy atom. The van der Waals surface area contributed by atoms with Gasteiger partial charge in [-0.2, -0.15) is 0 Å². The van der Waals surface area contributed by atoms with Gasteiger partial charge in [0.15, 0.2) is 0 Å². The number of rotatable bonds is 42. The van der Waals surface area contributed by atoms with Gasteiger partial charge >= 0.3 is 19.9 Å². The highest BCUT2D eigenvalue weighted by atomic mass is 31.2. The molecule has 0 aliphatic heterocycles. The van der Waals surface area contributed by atoms with Crippen LogP contribution in [0.2, 0.25) is 0 Å². The topological polar surface area (TPSA) is 177 Å². The van der Waals surface area contributed by atoms with Crippen LogP contribution in [0.1, 0.15) is 170 Å². The molecule has 0 spiro atoms. The molecule has 0 bridgehead atoms. The van der Waals surface area contributed by atoms with Crippen molar-refractivity contribution < 1.29 is 56.6 Å². The van der Waals surface area contributed by atoms with Crippen LogP contribution in [0, 0.1) is 5.41 Å². The number of nitrogens with one attached hydrogen (secondary N) is 2. The van der Waals surface area contributed by atoms with Crippen LogP contribution in [0.15, 0.2) is 58.7 Å². The molecule has 15 heteroatoms. The van der Waals surface area contributed by atoms with Crippen molar-refractivity contribution in [2.24, 2.45) is 5.41 Å². The molecular formula is C52H91N2O12P. The molecule has 1 aliphatic carbocycles. The number of phosphoric acid groups is 1. The number of hydrogen-bond donors (Lipinski definition) is 3. The molecule has 0 aromatic rings. The maximum Gasteiger partial charge on any atom is 0.472 e. The molecule has 386 valence electrons. The summed E-state index contributed by atoms with van der Waals surface area (Å²) in [5.41, 5.74) is 5.13. The Labute approximate surface area is 405 Å². The Hall–Kier alpha value is -3.10. The van der Waals surface area contributed by atoms with Gasteiger partial charge in [0.2, 0.25) is 5.91 Å². The third kappa shape index (κ3) is 37.5. The van der Waals surface area contributed by atoms with Gasteiger partial charge < -0.3 is 39.2 Å². The van der Waals surface area contributed by atoms with E-state index in [0.717, 1.165) is 30.4 Å². The Balaban J connectivity index is 1.92. The van der Waals surface area contributed by atoms with Crippen molar-refractivity contribution in [1.29, 1.82) is 0 Å². The van der Waals surface area contributed by atoms with Gasteiger partial charge in [-0.1, -0.05) is 152 Å². The summed E-state index contributed by atoms with van der Waals surface area (Å²) in [7, 11) is -4.33. The third-order valence-corrected chi connectivity index (χ3v) is 12.3. The van der Waals surface area contributed by atoms with Crippen molar-refractivity contribution in [3.63, 3.8) is 0 Å². The van der Waals surface area contributed by atoms with Gasteiger partial charge in [-0.3, -0.25) is 18.6 Å². The number of hydrogen-bond acceptors (Lipinski definition) is 11. The monoisotopic (exact) mass is 967 g/mol. The highest BCUT2D eigenvalue weighted by molar-refractivity contribution is 7.47. The van der Waals surface area contributed by atoms with Crippen molar-refractivity contribution in [2.45, 2.75) is 170 Å². The summed E-state index contributed by atoms with van der Waals surface area (Å²) in [6.07, 6.45) is 34.4. The van der Waals surface area contributed by atoms with Crippen molar-refractivity contribution in [3.05, 3.63) is 58.7 Å². The summed E-state index contributed by atoms with van der Waals surface area (Å²) in [5, 5.41) is 5.23. The minimum atomic E-state index is -4.33. The first-order chi connectivity index (χ1) is 32.3. The molecule has 67 heavy (non-hydrogen) atoms. The van der Waals surface area contributed by atoms with E-state index < -0.39 is 13.9 Å². The van der Waals surface area contributed by atoms with Crippen LogP contribution in [0.4, 0.5) is 4.79 Å². The lowest BCUT2D eigenvalue weighted by molar-refractivity contribution is -0.144. The maximum absolute atomic E-state index is 12.2. The number of carbonyl (C=O) groups excluding carboxylic acids is 3. The summed E-state index contributed by atoms with van der Waals surface area (Å²) in [4.78, 5) is 45.9. The smallest absolute Gasteiger partial charge is 0.466 e. The fourth-order valence-corrected chi connectivity index (χ4v) is 8.22. The standard InChI is InChI=1S/C52H91N2O12P/c1-7-8-9-10-11-12-13-14-15-16-17-18-19-20-21-28-50(56)63-34-24-35-65-67(58,59)66-37-33-54-51(57)64-43-42-62-41-40-61-39-38-60-36-32-53-49(55)44-46(3)26-22-25-45(2)29-30-48-47(4)27-23-31-52(48,5)6/h22,25-26,29-30,44H,7-21,23-24,27-28,31-43H2,1-6H3,(H,53,55)(H,54,57)(H,58,59)/b26-22+,30-29+,45-25+,46-44+. The van der Waals surface area contributed by atoms with E-state index in [4.69, 9.17) is 32.7 Å². The number of ether oxygens (including phenoxy) is 5. The molecule has 1 aliphatic rings. The van der Waals surface area contributed by atoms with E-state index in [9.17, 15) is 23.8 Å². The quantitative estimate of drug-likeness (QED) is 0.0174. The fraction of sp³-hybridized carbons (Fsp3) is 0.750. The Bertz CT molecular complexity index is 1540. The van der Waals surface area contributed by atoms with E-state index in [1.54, 1.807) is 6.08 Å². The summed E-state index contributed by atoms with van der Waals surface area (Å²) in [5.74, 6) is -0.455. The second kappa shape index (κ2) is 40.8. The maximum atomic E-state index is 12.2. The molecule has 0 aromatic heterocycles. The summed E-state index contributed by atoms with van der Waals surface area (Å²) >= 11 is 0. The molecule has 0 aromatic carbocycles. The van der Waals surface area contributed by atoms with Crippen LogP contribution in [-0.4, -0.2) is 102 Å². The number of esters is 1. The molecule has 0 heterocycles. The Morgan fingerprint density at radius 3 is 1.82 bits per heavy atom. The zero-order chi connectivity index (χ0) is 49.3. The van der Waals surface area contributed by atoms with Crippen molar-refractivity contribution >= 4 is 25.8 Å². The van der Waals surface area contributed by atoms with Crippen molar-refractivity contribution in [2.75, 3.05) is 79.2 Å². The van der Waals surface area contributed by atoms with E-state index >= 15 is 0 Å². The van der Waals surface area contributed by atoms with Gasteiger partial charge in [0.05, 0.1) is 59.5 Å². The van der Waals surface area contributed by atoms with Crippen LogP contribution in [-0.2, 0) is 46.9 Å². The first kappa shape index (κ1) is 61.9. The van der Waals surface area contributed by atoms with Crippen LogP contribution >= 0.6 is 7.82 Å². The average Bonchev–Trinajstić information content (AvgIpc) is 3.27. The fourth-order valence-electron chi connectivity index (χ4n) is 7.46. The van der Waals surface area contributed by atoms with Crippen LogP contribution in [0.5, 0.6) is 0 Å². The largest absolute Gasteiger partial charge is 0.472 e. The molecule has 2 amide bonds. The molecule has 0 fully saturated rings. The third-order valence-electron chi connectivity index (χ3n) is 11.3. The highest BCUT2D eigenvalue weighted by Crippen LogP contribution is 2.43. The summed E-state index contributed by atoms with van der Waals surface area (Å²) in [6, 6.07) is 0. The van der Waals surface area contributed by atoms with E-state index in [-0.39, 0.29) is 63.3 Å².